The van der Waals surface area contributed by atoms with Gasteiger partial charge in [-0.2, -0.15) is 0 Å². The molecule has 0 aliphatic carbocycles. The van der Waals surface area contributed by atoms with E-state index in [0.717, 1.165) is 19.5 Å². The van der Waals surface area contributed by atoms with Gasteiger partial charge in [0.1, 0.15) is 0 Å². The molecule has 4 nitrogen and oxygen atoms in total. The van der Waals surface area contributed by atoms with Crippen LogP contribution in [0.3, 0.4) is 0 Å². The van der Waals surface area contributed by atoms with Gasteiger partial charge in [-0.1, -0.05) is 6.92 Å². The minimum Gasteiger partial charge on any atom is -0.394 e. The van der Waals surface area contributed by atoms with Gasteiger partial charge in [0.25, 0.3) is 0 Å². The van der Waals surface area contributed by atoms with Crippen molar-refractivity contribution >= 4 is 0 Å². The van der Waals surface area contributed by atoms with E-state index in [1.807, 2.05) is 6.92 Å². The predicted molar refractivity (Wildman–Crippen MR) is 65.4 cm³/mol. The Morgan fingerprint density at radius 3 is 2.56 bits per heavy atom. The summed E-state index contributed by atoms with van der Waals surface area (Å²) in [5.41, 5.74) is -0.490. The van der Waals surface area contributed by atoms with Crippen molar-refractivity contribution in [2.45, 2.75) is 31.7 Å². The average molecular weight is 230 g/mol. The van der Waals surface area contributed by atoms with Crippen LogP contribution in [0.2, 0.25) is 0 Å². The van der Waals surface area contributed by atoms with E-state index in [1.54, 1.807) is 0 Å². The van der Waals surface area contributed by atoms with Crippen LogP contribution in [0.25, 0.3) is 0 Å². The Bertz CT molecular complexity index is 187. The molecule has 0 saturated carbocycles. The third kappa shape index (κ3) is 3.70. The lowest BCUT2D eigenvalue weighted by molar-refractivity contribution is 0.0789. The quantitative estimate of drug-likeness (QED) is 0.603. The number of nitrogens with one attached hydrogen (secondary N) is 1. The standard InChI is InChI=1S/C12H26N2O2/c1-3-12(9-15,10-16)13-7-11-5-4-6-14(2)8-11/h11,13,15-16H,3-10H2,1-2H3. The summed E-state index contributed by atoms with van der Waals surface area (Å²) in [5.74, 6) is 0.641. The fourth-order valence-corrected chi connectivity index (χ4v) is 2.31. The summed E-state index contributed by atoms with van der Waals surface area (Å²) in [4.78, 5) is 2.35. The van der Waals surface area contributed by atoms with Crippen molar-refractivity contribution in [2.75, 3.05) is 39.9 Å². The van der Waals surface area contributed by atoms with Crippen LogP contribution >= 0.6 is 0 Å². The van der Waals surface area contributed by atoms with Gasteiger partial charge in [0, 0.05) is 6.54 Å². The fourth-order valence-electron chi connectivity index (χ4n) is 2.31. The Morgan fingerprint density at radius 1 is 1.38 bits per heavy atom. The molecule has 96 valence electrons. The lowest BCUT2D eigenvalue weighted by Crippen LogP contribution is -2.53. The van der Waals surface area contributed by atoms with Crippen molar-refractivity contribution in [2.24, 2.45) is 5.92 Å². The van der Waals surface area contributed by atoms with Crippen LogP contribution in [0.1, 0.15) is 26.2 Å². The number of piperidine rings is 1. The Labute approximate surface area is 98.6 Å². The molecule has 16 heavy (non-hydrogen) atoms. The second-order valence-electron chi connectivity index (χ2n) is 5.10. The minimum absolute atomic E-state index is 0.00254. The molecule has 0 aromatic rings. The van der Waals surface area contributed by atoms with Gasteiger partial charge in [-0.15, -0.1) is 0 Å². The molecule has 1 heterocycles. The third-order valence-electron chi connectivity index (χ3n) is 3.77. The van der Waals surface area contributed by atoms with Gasteiger partial charge >= 0.3 is 0 Å². The summed E-state index contributed by atoms with van der Waals surface area (Å²) in [6.45, 7) is 5.19. The smallest absolute Gasteiger partial charge is 0.0645 e. The molecule has 1 aliphatic heterocycles. The zero-order chi connectivity index (χ0) is 12.0. The lowest BCUT2D eigenvalue weighted by Gasteiger charge is -2.35. The molecule has 3 N–H and O–H groups in total. The molecule has 1 saturated heterocycles. The number of nitrogens with zero attached hydrogens (tertiary/aromatic N) is 1. The highest BCUT2D eigenvalue weighted by Crippen LogP contribution is 2.16. The van der Waals surface area contributed by atoms with E-state index < -0.39 is 5.54 Å². The summed E-state index contributed by atoms with van der Waals surface area (Å²) >= 11 is 0. The van der Waals surface area contributed by atoms with E-state index in [4.69, 9.17) is 0 Å². The van der Waals surface area contributed by atoms with Gasteiger partial charge < -0.3 is 20.4 Å². The maximum absolute atomic E-state index is 9.33. The molecule has 1 atom stereocenters. The first-order chi connectivity index (χ1) is 7.65. The minimum atomic E-state index is -0.490. The maximum Gasteiger partial charge on any atom is 0.0645 e. The zero-order valence-corrected chi connectivity index (χ0v) is 10.6. The van der Waals surface area contributed by atoms with E-state index in [9.17, 15) is 10.2 Å². The molecule has 0 spiro atoms. The van der Waals surface area contributed by atoms with E-state index in [0.29, 0.717) is 5.92 Å². The molecular weight excluding hydrogens is 204 g/mol. The molecular formula is C12H26N2O2. The van der Waals surface area contributed by atoms with Gasteiger partial charge in [-0.25, -0.2) is 0 Å². The SMILES string of the molecule is CCC(CO)(CO)NCC1CCCN(C)C1. The third-order valence-corrected chi connectivity index (χ3v) is 3.77. The Balaban J connectivity index is 2.36. The van der Waals surface area contributed by atoms with Gasteiger partial charge in [0.2, 0.25) is 0 Å². The molecule has 0 bridgehead atoms. The van der Waals surface area contributed by atoms with Crippen molar-refractivity contribution in [1.82, 2.24) is 10.2 Å². The summed E-state index contributed by atoms with van der Waals surface area (Å²) in [6, 6.07) is 0. The molecule has 0 radical (unpaired) electrons. The Hall–Kier alpha value is -0.160. The molecule has 0 aromatic carbocycles. The normalized spacial score (nSPS) is 23.6. The van der Waals surface area contributed by atoms with E-state index in [-0.39, 0.29) is 13.2 Å². The van der Waals surface area contributed by atoms with Crippen molar-refractivity contribution in [3.05, 3.63) is 0 Å². The molecule has 1 unspecified atom stereocenters. The number of rotatable bonds is 6. The van der Waals surface area contributed by atoms with Crippen LogP contribution in [-0.4, -0.2) is 60.5 Å². The zero-order valence-electron chi connectivity index (χ0n) is 10.6. The topological polar surface area (TPSA) is 55.7 Å². The van der Waals surface area contributed by atoms with Crippen LogP contribution < -0.4 is 5.32 Å². The Morgan fingerprint density at radius 2 is 2.06 bits per heavy atom. The van der Waals surface area contributed by atoms with E-state index >= 15 is 0 Å². The number of hydrogen-bond donors (Lipinski definition) is 3. The highest BCUT2D eigenvalue weighted by molar-refractivity contribution is 4.87. The van der Waals surface area contributed by atoms with Gasteiger partial charge in [-0.05, 0) is 45.3 Å². The molecule has 1 fully saturated rings. The first kappa shape index (κ1) is 13.9. The summed E-state index contributed by atoms with van der Waals surface area (Å²) in [5, 5.41) is 22.0. The van der Waals surface area contributed by atoms with Crippen LogP contribution in [-0.2, 0) is 0 Å². The Kier molecular flexibility index (Phi) is 5.69. The molecule has 1 rings (SSSR count). The van der Waals surface area contributed by atoms with Gasteiger partial charge in [-0.3, -0.25) is 0 Å². The number of hydrogen-bond acceptors (Lipinski definition) is 4. The van der Waals surface area contributed by atoms with Crippen molar-refractivity contribution in [3.8, 4) is 0 Å². The van der Waals surface area contributed by atoms with Crippen LogP contribution in [0.4, 0.5) is 0 Å². The van der Waals surface area contributed by atoms with Gasteiger partial charge in [0.15, 0.2) is 0 Å². The highest BCUT2D eigenvalue weighted by Gasteiger charge is 2.27. The second kappa shape index (κ2) is 6.55. The summed E-state index contributed by atoms with van der Waals surface area (Å²) < 4.78 is 0. The van der Waals surface area contributed by atoms with E-state index in [1.165, 1.54) is 19.4 Å². The van der Waals surface area contributed by atoms with Crippen LogP contribution in [0.15, 0.2) is 0 Å². The molecule has 4 heteroatoms. The highest BCUT2D eigenvalue weighted by atomic mass is 16.3. The van der Waals surface area contributed by atoms with Crippen LogP contribution in [0, 0.1) is 5.92 Å². The second-order valence-corrected chi connectivity index (χ2v) is 5.10. The predicted octanol–water partition coefficient (Wildman–Crippen LogP) is 0.0512. The number of aliphatic hydroxyl groups is 2. The van der Waals surface area contributed by atoms with Gasteiger partial charge in [0.05, 0.1) is 18.8 Å². The van der Waals surface area contributed by atoms with Crippen LogP contribution in [0.5, 0.6) is 0 Å². The molecule has 0 amide bonds. The van der Waals surface area contributed by atoms with E-state index in [2.05, 4.69) is 17.3 Å². The molecule has 1 aliphatic rings. The average Bonchev–Trinajstić information content (AvgIpc) is 2.32. The first-order valence-corrected chi connectivity index (χ1v) is 6.31. The number of aliphatic hydroxyl groups excluding tert-OH is 2. The molecule has 0 aromatic heterocycles. The van der Waals surface area contributed by atoms with Crippen molar-refractivity contribution in [1.29, 1.82) is 0 Å². The fraction of sp³-hybridized carbons (Fsp3) is 1.00. The monoisotopic (exact) mass is 230 g/mol. The summed E-state index contributed by atoms with van der Waals surface area (Å²) in [7, 11) is 2.15. The van der Waals surface area contributed by atoms with Crippen molar-refractivity contribution in [3.63, 3.8) is 0 Å². The number of likely N-dealkylation sites (tertiary alicyclic amines) is 1. The first-order valence-electron chi connectivity index (χ1n) is 6.31. The lowest BCUT2D eigenvalue weighted by atomic mass is 9.94. The largest absolute Gasteiger partial charge is 0.394 e. The van der Waals surface area contributed by atoms with Crippen molar-refractivity contribution < 1.29 is 10.2 Å². The maximum atomic E-state index is 9.33. The summed E-state index contributed by atoms with van der Waals surface area (Å²) in [6.07, 6.45) is 3.25.